The van der Waals surface area contributed by atoms with Crippen LogP contribution in [0.4, 0.5) is 5.69 Å². The number of imide groups is 1. The number of hydrogen-bond acceptors (Lipinski definition) is 5. The molecule has 3 rings (SSSR count). The van der Waals surface area contributed by atoms with E-state index in [1.165, 1.54) is 24.3 Å². The van der Waals surface area contributed by atoms with Crippen molar-refractivity contribution in [3.8, 4) is 0 Å². The Labute approximate surface area is 162 Å². The Bertz CT molecular complexity index is 899. The second-order valence-electron chi connectivity index (χ2n) is 6.81. The van der Waals surface area contributed by atoms with Crippen LogP contribution in [0.15, 0.2) is 48.5 Å². The van der Waals surface area contributed by atoms with Crippen molar-refractivity contribution >= 4 is 29.4 Å². The van der Waals surface area contributed by atoms with E-state index in [0.717, 1.165) is 4.90 Å². The molecule has 7 heteroatoms. The maximum absolute atomic E-state index is 12.5. The Kier molecular flexibility index (Phi) is 5.54. The average molecular weight is 380 g/mol. The number of benzene rings is 2. The topological polar surface area (TPSA) is 92.8 Å². The first-order chi connectivity index (χ1) is 13.4. The summed E-state index contributed by atoms with van der Waals surface area (Å²) in [7, 11) is 0. The van der Waals surface area contributed by atoms with Crippen LogP contribution in [-0.2, 0) is 9.53 Å². The van der Waals surface area contributed by atoms with E-state index in [0.29, 0.717) is 29.3 Å². The van der Waals surface area contributed by atoms with Gasteiger partial charge in [-0.05, 0) is 42.3 Å². The molecule has 0 spiro atoms. The molecule has 0 aliphatic carbocycles. The van der Waals surface area contributed by atoms with Crippen LogP contribution < -0.4 is 10.2 Å². The van der Waals surface area contributed by atoms with Crippen LogP contribution in [-0.4, -0.2) is 36.8 Å². The van der Waals surface area contributed by atoms with Gasteiger partial charge >= 0.3 is 5.97 Å². The third-order valence-corrected chi connectivity index (χ3v) is 4.20. The number of rotatable bonds is 6. The molecule has 2 aromatic carbocycles. The summed E-state index contributed by atoms with van der Waals surface area (Å²) >= 11 is 0. The molecule has 0 atom stereocenters. The molecule has 1 aliphatic heterocycles. The fourth-order valence-corrected chi connectivity index (χ4v) is 2.75. The van der Waals surface area contributed by atoms with E-state index in [-0.39, 0.29) is 18.1 Å². The first-order valence-corrected chi connectivity index (χ1v) is 8.90. The van der Waals surface area contributed by atoms with Crippen LogP contribution in [0.3, 0.4) is 0 Å². The molecular formula is C21H20N2O5. The van der Waals surface area contributed by atoms with Crippen molar-refractivity contribution in [2.45, 2.75) is 13.8 Å². The third kappa shape index (κ3) is 3.93. The number of amides is 3. The molecule has 2 aromatic rings. The number of carbonyl (C=O) groups is 4. The van der Waals surface area contributed by atoms with Gasteiger partial charge in [0.2, 0.25) is 0 Å². The number of carbonyl (C=O) groups excluding carboxylic acids is 4. The van der Waals surface area contributed by atoms with E-state index in [1.54, 1.807) is 24.3 Å². The minimum Gasteiger partial charge on any atom is -0.452 e. The molecule has 0 unspecified atom stereocenters. The molecule has 1 heterocycles. The molecule has 0 radical (unpaired) electrons. The average Bonchev–Trinajstić information content (AvgIpc) is 2.95. The summed E-state index contributed by atoms with van der Waals surface area (Å²) in [5.74, 6) is -1.54. The Morgan fingerprint density at radius 1 is 0.964 bits per heavy atom. The van der Waals surface area contributed by atoms with Gasteiger partial charge in [-0.2, -0.15) is 0 Å². The molecule has 0 saturated carbocycles. The van der Waals surface area contributed by atoms with E-state index in [9.17, 15) is 19.2 Å². The number of nitrogens with zero attached hydrogens (tertiary/aromatic N) is 1. The number of esters is 1. The van der Waals surface area contributed by atoms with Gasteiger partial charge in [-0.3, -0.25) is 14.4 Å². The van der Waals surface area contributed by atoms with Gasteiger partial charge in [-0.15, -0.1) is 0 Å². The Hall–Kier alpha value is -3.48. The summed E-state index contributed by atoms with van der Waals surface area (Å²) in [5, 5.41) is 2.66. The molecule has 144 valence electrons. The molecule has 1 N–H and O–H groups in total. The lowest BCUT2D eigenvalue weighted by Crippen LogP contribution is -2.31. The highest BCUT2D eigenvalue weighted by Crippen LogP contribution is 2.28. The van der Waals surface area contributed by atoms with Crippen molar-refractivity contribution in [3.05, 3.63) is 65.2 Å². The van der Waals surface area contributed by atoms with Gasteiger partial charge in [-0.25, -0.2) is 9.69 Å². The lowest BCUT2D eigenvalue weighted by Gasteiger charge is -2.14. The first kappa shape index (κ1) is 19.3. The van der Waals surface area contributed by atoms with E-state index < -0.39 is 17.8 Å². The van der Waals surface area contributed by atoms with Crippen LogP contribution >= 0.6 is 0 Å². The van der Waals surface area contributed by atoms with Crippen molar-refractivity contribution in [2.75, 3.05) is 18.1 Å². The molecule has 7 nitrogen and oxygen atoms in total. The molecule has 3 amide bonds. The molecular weight excluding hydrogens is 360 g/mol. The largest absolute Gasteiger partial charge is 0.452 e. The van der Waals surface area contributed by atoms with Crippen LogP contribution in [0.5, 0.6) is 0 Å². The van der Waals surface area contributed by atoms with Crippen molar-refractivity contribution in [3.63, 3.8) is 0 Å². The zero-order valence-corrected chi connectivity index (χ0v) is 15.6. The minimum absolute atomic E-state index is 0.219. The molecule has 1 aliphatic rings. The number of fused-ring (bicyclic) bond motifs is 1. The fraction of sp³-hybridized carbons (Fsp3) is 0.238. The Morgan fingerprint density at radius 2 is 1.54 bits per heavy atom. The van der Waals surface area contributed by atoms with Crippen LogP contribution in [0, 0.1) is 5.92 Å². The van der Waals surface area contributed by atoms with Gasteiger partial charge in [0.1, 0.15) is 0 Å². The predicted molar refractivity (Wildman–Crippen MR) is 102 cm³/mol. The maximum atomic E-state index is 12.5. The standard InChI is InChI=1S/C21H20N2O5/c1-13(2)11-22-18(24)12-28-21(27)14-7-9-15(10-8-14)23-19(25)16-5-3-4-6-17(16)20(23)26/h3-10,13H,11-12H2,1-2H3,(H,22,24). The zero-order valence-electron chi connectivity index (χ0n) is 15.6. The predicted octanol–water partition coefficient (Wildman–Crippen LogP) is 2.42. The quantitative estimate of drug-likeness (QED) is 0.614. The second kappa shape index (κ2) is 8.04. The van der Waals surface area contributed by atoms with Crippen LogP contribution in [0.2, 0.25) is 0 Å². The molecule has 0 saturated heterocycles. The molecule has 0 fully saturated rings. The highest BCUT2D eigenvalue weighted by atomic mass is 16.5. The van der Waals surface area contributed by atoms with Gasteiger partial charge < -0.3 is 10.1 Å². The fourth-order valence-electron chi connectivity index (χ4n) is 2.75. The summed E-state index contributed by atoms with van der Waals surface area (Å²) in [6.45, 7) is 4.06. The van der Waals surface area contributed by atoms with Crippen molar-refractivity contribution in [1.29, 1.82) is 0 Å². The summed E-state index contributed by atoms with van der Waals surface area (Å²) in [4.78, 5) is 49.7. The lowest BCUT2D eigenvalue weighted by molar-refractivity contribution is -0.124. The maximum Gasteiger partial charge on any atom is 0.338 e. The lowest BCUT2D eigenvalue weighted by atomic mass is 10.1. The summed E-state index contributed by atoms with van der Waals surface area (Å²) in [6.07, 6.45) is 0. The van der Waals surface area contributed by atoms with E-state index >= 15 is 0 Å². The molecule has 0 bridgehead atoms. The molecule has 28 heavy (non-hydrogen) atoms. The van der Waals surface area contributed by atoms with E-state index in [2.05, 4.69) is 5.32 Å². The smallest absolute Gasteiger partial charge is 0.338 e. The summed E-state index contributed by atoms with van der Waals surface area (Å²) in [5.41, 5.74) is 1.28. The summed E-state index contributed by atoms with van der Waals surface area (Å²) < 4.78 is 4.98. The highest BCUT2D eigenvalue weighted by molar-refractivity contribution is 6.34. The highest BCUT2D eigenvalue weighted by Gasteiger charge is 2.36. The zero-order chi connectivity index (χ0) is 20.3. The number of ether oxygens (including phenoxy) is 1. The van der Waals surface area contributed by atoms with Crippen molar-refractivity contribution < 1.29 is 23.9 Å². The summed E-state index contributed by atoms with van der Waals surface area (Å²) in [6, 6.07) is 12.5. The monoisotopic (exact) mass is 380 g/mol. The second-order valence-corrected chi connectivity index (χ2v) is 6.81. The Morgan fingerprint density at radius 3 is 2.07 bits per heavy atom. The first-order valence-electron chi connectivity index (χ1n) is 8.90. The van der Waals surface area contributed by atoms with Gasteiger partial charge in [0.15, 0.2) is 6.61 Å². The van der Waals surface area contributed by atoms with Crippen molar-refractivity contribution in [2.24, 2.45) is 5.92 Å². The van der Waals surface area contributed by atoms with Gasteiger partial charge in [0.25, 0.3) is 17.7 Å². The van der Waals surface area contributed by atoms with Gasteiger partial charge in [0, 0.05) is 6.54 Å². The van der Waals surface area contributed by atoms with E-state index in [1.807, 2.05) is 13.8 Å². The van der Waals surface area contributed by atoms with Gasteiger partial charge in [-0.1, -0.05) is 26.0 Å². The SMILES string of the molecule is CC(C)CNC(=O)COC(=O)c1ccc(N2C(=O)c3ccccc3C2=O)cc1. The third-order valence-electron chi connectivity index (χ3n) is 4.20. The number of nitrogens with one attached hydrogen (secondary N) is 1. The van der Waals surface area contributed by atoms with Crippen LogP contribution in [0.1, 0.15) is 44.9 Å². The number of anilines is 1. The minimum atomic E-state index is -0.659. The van der Waals surface area contributed by atoms with E-state index in [4.69, 9.17) is 4.74 Å². The normalized spacial score (nSPS) is 12.9. The number of hydrogen-bond donors (Lipinski definition) is 1. The molecule has 0 aromatic heterocycles. The Balaban J connectivity index is 1.64. The van der Waals surface area contributed by atoms with Gasteiger partial charge in [0.05, 0.1) is 22.4 Å². The van der Waals surface area contributed by atoms with Crippen molar-refractivity contribution in [1.82, 2.24) is 5.32 Å². The van der Waals surface area contributed by atoms with Crippen LogP contribution in [0.25, 0.3) is 0 Å².